The molecule has 0 fully saturated rings. The fourth-order valence-electron chi connectivity index (χ4n) is 2.32. The van der Waals surface area contributed by atoms with Gasteiger partial charge in [-0.05, 0) is 29.8 Å². The molecule has 0 atom stereocenters. The van der Waals surface area contributed by atoms with Crippen LogP contribution in [0.25, 0.3) is 5.69 Å². The number of nitrogens with zero attached hydrogens (tertiary/aromatic N) is 2. The van der Waals surface area contributed by atoms with E-state index in [0.717, 1.165) is 36.7 Å². The Morgan fingerprint density at radius 1 is 1.05 bits per heavy atom. The van der Waals surface area contributed by atoms with Crippen LogP contribution in [0.4, 0.5) is 0 Å². The predicted octanol–water partition coefficient (Wildman–Crippen LogP) is 3.32. The molecule has 4 nitrogen and oxygen atoms in total. The van der Waals surface area contributed by atoms with Crippen molar-refractivity contribution in [3.05, 3.63) is 71.9 Å². The van der Waals surface area contributed by atoms with Crippen molar-refractivity contribution in [1.29, 1.82) is 0 Å². The van der Waals surface area contributed by atoms with Crippen molar-refractivity contribution in [1.82, 2.24) is 15.1 Å². The smallest absolute Gasteiger partial charge is 0.117 e. The van der Waals surface area contributed by atoms with Gasteiger partial charge >= 0.3 is 0 Å². The maximum absolute atomic E-state index is 5.69. The lowest BCUT2D eigenvalue weighted by molar-refractivity contribution is 0.450. The van der Waals surface area contributed by atoms with E-state index in [1.165, 1.54) is 5.56 Å². The molecule has 3 rings (SSSR count). The SMILES string of the molecule is CCc1ccc(CNCc2ccccc2-n2cccn2)o1. The van der Waals surface area contributed by atoms with Gasteiger partial charge in [-0.25, -0.2) is 4.68 Å². The average molecular weight is 281 g/mol. The number of hydrogen-bond acceptors (Lipinski definition) is 3. The van der Waals surface area contributed by atoms with Gasteiger partial charge in [0, 0.05) is 25.4 Å². The molecule has 108 valence electrons. The summed E-state index contributed by atoms with van der Waals surface area (Å²) in [5, 5.41) is 7.72. The molecular formula is C17H19N3O. The minimum absolute atomic E-state index is 0.730. The molecule has 0 aliphatic carbocycles. The molecule has 2 aromatic heterocycles. The molecule has 1 aromatic carbocycles. The number of aryl methyl sites for hydroxylation is 1. The summed E-state index contributed by atoms with van der Waals surface area (Å²) in [6, 6.07) is 14.3. The molecule has 0 amide bonds. The van der Waals surface area contributed by atoms with Gasteiger partial charge in [0.15, 0.2) is 0 Å². The molecule has 0 saturated carbocycles. The highest BCUT2D eigenvalue weighted by molar-refractivity contribution is 5.40. The molecule has 0 bridgehead atoms. The number of furan rings is 1. The number of benzene rings is 1. The lowest BCUT2D eigenvalue weighted by Crippen LogP contribution is -2.14. The van der Waals surface area contributed by atoms with E-state index in [9.17, 15) is 0 Å². The van der Waals surface area contributed by atoms with E-state index in [4.69, 9.17) is 4.42 Å². The van der Waals surface area contributed by atoms with Gasteiger partial charge in [0.1, 0.15) is 11.5 Å². The first-order chi connectivity index (χ1) is 10.4. The third-order valence-corrected chi connectivity index (χ3v) is 3.42. The first-order valence-electron chi connectivity index (χ1n) is 7.23. The summed E-state index contributed by atoms with van der Waals surface area (Å²) in [7, 11) is 0. The minimum Gasteiger partial charge on any atom is -0.465 e. The quantitative estimate of drug-likeness (QED) is 0.753. The average Bonchev–Trinajstić information content (AvgIpc) is 3.19. The first-order valence-corrected chi connectivity index (χ1v) is 7.23. The minimum atomic E-state index is 0.730. The van der Waals surface area contributed by atoms with Crippen molar-refractivity contribution in [3.63, 3.8) is 0 Å². The summed E-state index contributed by atoms with van der Waals surface area (Å²) in [6.45, 7) is 3.60. The zero-order chi connectivity index (χ0) is 14.5. The van der Waals surface area contributed by atoms with Crippen LogP contribution in [0.5, 0.6) is 0 Å². The van der Waals surface area contributed by atoms with Crippen molar-refractivity contribution >= 4 is 0 Å². The van der Waals surface area contributed by atoms with Crippen LogP contribution in [-0.4, -0.2) is 9.78 Å². The zero-order valence-electron chi connectivity index (χ0n) is 12.1. The molecule has 0 aliphatic rings. The molecule has 0 unspecified atom stereocenters. The van der Waals surface area contributed by atoms with Crippen LogP contribution < -0.4 is 5.32 Å². The molecule has 21 heavy (non-hydrogen) atoms. The van der Waals surface area contributed by atoms with Crippen LogP contribution in [0.15, 0.2) is 59.3 Å². The van der Waals surface area contributed by atoms with E-state index in [-0.39, 0.29) is 0 Å². The Labute approximate surface area is 124 Å². The Morgan fingerprint density at radius 3 is 2.67 bits per heavy atom. The maximum atomic E-state index is 5.69. The molecule has 0 spiro atoms. The number of aromatic nitrogens is 2. The summed E-state index contributed by atoms with van der Waals surface area (Å²) in [5.41, 5.74) is 2.31. The third kappa shape index (κ3) is 3.23. The third-order valence-electron chi connectivity index (χ3n) is 3.42. The molecule has 3 aromatic rings. The standard InChI is InChI=1S/C17H19N3O/c1-2-15-8-9-16(21-15)13-18-12-14-6-3-4-7-17(14)20-11-5-10-19-20/h3-11,18H,2,12-13H2,1H3. The Kier molecular flexibility index (Phi) is 4.17. The van der Waals surface area contributed by atoms with Crippen molar-refractivity contribution in [3.8, 4) is 5.69 Å². The fraction of sp³-hybridized carbons (Fsp3) is 0.235. The van der Waals surface area contributed by atoms with Crippen LogP contribution in [-0.2, 0) is 19.5 Å². The fourth-order valence-corrected chi connectivity index (χ4v) is 2.32. The monoisotopic (exact) mass is 281 g/mol. The van der Waals surface area contributed by atoms with E-state index in [0.29, 0.717) is 0 Å². The Balaban J connectivity index is 1.65. The van der Waals surface area contributed by atoms with Gasteiger partial charge in [0.25, 0.3) is 0 Å². The molecule has 0 aliphatic heterocycles. The van der Waals surface area contributed by atoms with Crippen molar-refractivity contribution in [2.75, 3.05) is 0 Å². The van der Waals surface area contributed by atoms with Gasteiger partial charge in [0.05, 0.1) is 12.2 Å². The topological polar surface area (TPSA) is 43.0 Å². The Hall–Kier alpha value is -2.33. The largest absolute Gasteiger partial charge is 0.465 e. The van der Waals surface area contributed by atoms with Gasteiger partial charge < -0.3 is 9.73 Å². The molecule has 0 saturated heterocycles. The Bertz CT molecular complexity index is 686. The van der Waals surface area contributed by atoms with Gasteiger partial charge in [-0.3, -0.25) is 0 Å². The van der Waals surface area contributed by atoms with Gasteiger partial charge in [-0.15, -0.1) is 0 Å². The van der Waals surface area contributed by atoms with Crippen molar-refractivity contribution < 1.29 is 4.42 Å². The van der Waals surface area contributed by atoms with Crippen LogP contribution in [0.3, 0.4) is 0 Å². The summed E-state index contributed by atoms with van der Waals surface area (Å²) in [4.78, 5) is 0. The maximum Gasteiger partial charge on any atom is 0.117 e. The van der Waals surface area contributed by atoms with Crippen LogP contribution in [0.1, 0.15) is 24.0 Å². The van der Waals surface area contributed by atoms with Gasteiger partial charge in [0.2, 0.25) is 0 Å². The second-order valence-corrected chi connectivity index (χ2v) is 4.90. The van der Waals surface area contributed by atoms with Crippen molar-refractivity contribution in [2.45, 2.75) is 26.4 Å². The van der Waals surface area contributed by atoms with Crippen molar-refractivity contribution in [2.24, 2.45) is 0 Å². The van der Waals surface area contributed by atoms with E-state index < -0.39 is 0 Å². The van der Waals surface area contributed by atoms with Gasteiger partial charge in [-0.1, -0.05) is 25.1 Å². The molecular weight excluding hydrogens is 262 g/mol. The molecule has 4 heteroatoms. The van der Waals surface area contributed by atoms with E-state index in [1.807, 2.05) is 41.2 Å². The second kappa shape index (κ2) is 6.41. The molecule has 1 N–H and O–H groups in total. The summed E-state index contributed by atoms with van der Waals surface area (Å²) >= 11 is 0. The highest BCUT2D eigenvalue weighted by atomic mass is 16.3. The highest BCUT2D eigenvalue weighted by Crippen LogP contribution is 2.14. The normalized spacial score (nSPS) is 10.9. The van der Waals surface area contributed by atoms with E-state index in [2.05, 4.69) is 29.5 Å². The van der Waals surface area contributed by atoms with Crippen LogP contribution in [0, 0.1) is 0 Å². The first kappa shape index (κ1) is 13.6. The van der Waals surface area contributed by atoms with Gasteiger partial charge in [-0.2, -0.15) is 5.10 Å². The second-order valence-electron chi connectivity index (χ2n) is 4.90. The zero-order valence-corrected chi connectivity index (χ0v) is 12.1. The van der Waals surface area contributed by atoms with Crippen LogP contribution in [0.2, 0.25) is 0 Å². The summed E-state index contributed by atoms with van der Waals surface area (Å²) in [6.07, 6.45) is 4.68. The predicted molar refractivity (Wildman–Crippen MR) is 82.2 cm³/mol. The molecule has 2 heterocycles. The number of para-hydroxylation sites is 1. The number of hydrogen-bond donors (Lipinski definition) is 1. The van der Waals surface area contributed by atoms with Crippen LogP contribution >= 0.6 is 0 Å². The summed E-state index contributed by atoms with van der Waals surface area (Å²) < 4.78 is 7.58. The van der Waals surface area contributed by atoms with E-state index >= 15 is 0 Å². The lowest BCUT2D eigenvalue weighted by Gasteiger charge is -2.10. The lowest BCUT2D eigenvalue weighted by atomic mass is 10.2. The highest BCUT2D eigenvalue weighted by Gasteiger charge is 2.05. The summed E-state index contributed by atoms with van der Waals surface area (Å²) in [5.74, 6) is 2.01. The number of nitrogens with one attached hydrogen (secondary N) is 1. The molecule has 0 radical (unpaired) electrons. The van der Waals surface area contributed by atoms with E-state index in [1.54, 1.807) is 6.20 Å². The Morgan fingerprint density at radius 2 is 1.90 bits per heavy atom. The number of rotatable bonds is 6.